The van der Waals surface area contributed by atoms with Crippen molar-refractivity contribution in [2.75, 3.05) is 0 Å². The predicted molar refractivity (Wildman–Crippen MR) is 63.4 cm³/mol. The van der Waals surface area contributed by atoms with E-state index in [1.54, 1.807) is 12.1 Å². The van der Waals surface area contributed by atoms with Crippen molar-refractivity contribution in [3.8, 4) is 0 Å². The highest BCUT2D eigenvalue weighted by Gasteiger charge is 2.22. The maximum Gasteiger partial charge on any atom is 0.148 e. The Morgan fingerprint density at radius 1 is 1.36 bits per heavy atom. The quantitative estimate of drug-likeness (QED) is 0.743. The number of rotatable bonds is 1. The standard InChI is InChI=1S/C9H8ClNOS2/c10-7-3-1-6(2-4-7)8-5-14-9(13)11(8)12/h1-5,9,12-13H. The van der Waals surface area contributed by atoms with E-state index in [0.717, 1.165) is 16.3 Å². The summed E-state index contributed by atoms with van der Waals surface area (Å²) in [4.78, 5) is 0. The molecule has 1 aliphatic rings. The van der Waals surface area contributed by atoms with Gasteiger partial charge in [0.05, 0.1) is 5.70 Å². The zero-order chi connectivity index (χ0) is 10.1. The van der Waals surface area contributed by atoms with Crippen molar-refractivity contribution in [3.63, 3.8) is 0 Å². The molecule has 2 rings (SSSR count). The van der Waals surface area contributed by atoms with E-state index in [0.29, 0.717) is 5.02 Å². The van der Waals surface area contributed by atoms with Crippen LogP contribution in [0, 0.1) is 0 Å². The zero-order valence-electron chi connectivity index (χ0n) is 7.09. The van der Waals surface area contributed by atoms with Crippen LogP contribution in [0.3, 0.4) is 0 Å². The van der Waals surface area contributed by atoms with Crippen LogP contribution >= 0.6 is 36.0 Å². The van der Waals surface area contributed by atoms with Crippen molar-refractivity contribution in [3.05, 3.63) is 40.3 Å². The van der Waals surface area contributed by atoms with Crippen molar-refractivity contribution in [2.45, 2.75) is 4.71 Å². The number of hydroxylamine groups is 2. The lowest BCUT2D eigenvalue weighted by molar-refractivity contribution is -0.0128. The molecular weight excluding hydrogens is 238 g/mol. The maximum absolute atomic E-state index is 9.62. The molecule has 0 aliphatic carbocycles. The van der Waals surface area contributed by atoms with Crippen LogP contribution in [0.1, 0.15) is 5.56 Å². The number of hydrogen-bond donors (Lipinski definition) is 2. The molecule has 0 radical (unpaired) electrons. The SMILES string of the molecule is ON1C(c2ccc(Cl)cc2)=CSC1S. The molecule has 14 heavy (non-hydrogen) atoms. The molecule has 0 saturated heterocycles. The van der Waals surface area contributed by atoms with E-state index in [4.69, 9.17) is 11.6 Å². The number of benzene rings is 1. The summed E-state index contributed by atoms with van der Waals surface area (Å²) < 4.78 is -0.222. The highest BCUT2D eigenvalue weighted by atomic mass is 35.5. The second-order valence-corrected chi connectivity index (χ2v) is 5.05. The van der Waals surface area contributed by atoms with Gasteiger partial charge in [0, 0.05) is 16.0 Å². The van der Waals surface area contributed by atoms with Crippen LogP contribution in [0.15, 0.2) is 29.7 Å². The minimum absolute atomic E-state index is 0.222. The third kappa shape index (κ3) is 1.88. The lowest BCUT2D eigenvalue weighted by atomic mass is 10.2. The molecule has 0 bridgehead atoms. The van der Waals surface area contributed by atoms with Crippen LogP contribution in [0.2, 0.25) is 5.02 Å². The Labute approximate surface area is 96.9 Å². The van der Waals surface area contributed by atoms with E-state index >= 15 is 0 Å². The van der Waals surface area contributed by atoms with Crippen molar-refractivity contribution >= 4 is 41.7 Å². The number of thioether (sulfide) groups is 1. The molecule has 1 aromatic rings. The third-order valence-corrected chi connectivity index (χ3v) is 3.54. The summed E-state index contributed by atoms with van der Waals surface area (Å²) in [6, 6.07) is 7.32. The van der Waals surface area contributed by atoms with Crippen molar-refractivity contribution in [1.29, 1.82) is 0 Å². The van der Waals surface area contributed by atoms with Crippen LogP contribution in [-0.4, -0.2) is 15.0 Å². The van der Waals surface area contributed by atoms with Gasteiger partial charge in [-0.2, -0.15) is 0 Å². The number of nitrogens with zero attached hydrogens (tertiary/aromatic N) is 1. The summed E-state index contributed by atoms with van der Waals surface area (Å²) >= 11 is 11.4. The van der Waals surface area contributed by atoms with Crippen LogP contribution in [0.25, 0.3) is 5.70 Å². The molecule has 74 valence electrons. The highest BCUT2D eigenvalue weighted by Crippen LogP contribution is 2.36. The van der Waals surface area contributed by atoms with Crippen LogP contribution < -0.4 is 0 Å². The van der Waals surface area contributed by atoms with Gasteiger partial charge < -0.3 is 0 Å². The molecule has 0 saturated carbocycles. The molecule has 2 nitrogen and oxygen atoms in total. The minimum Gasteiger partial charge on any atom is -0.286 e. The fourth-order valence-corrected chi connectivity index (χ4v) is 2.33. The van der Waals surface area contributed by atoms with Crippen LogP contribution in [0.4, 0.5) is 0 Å². The second kappa shape index (κ2) is 4.06. The molecule has 1 heterocycles. The molecule has 1 unspecified atom stereocenters. The van der Waals surface area contributed by atoms with E-state index in [9.17, 15) is 5.21 Å². The van der Waals surface area contributed by atoms with E-state index in [1.165, 1.54) is 11.8 Å². The lowest BCUT2D eigenvalue weighted by Crippen LogP contribution is -2.18. The normalized spacial score (nSPS) is 21.2. The van der Waals surface area contributed by atoms with E-state index in [2.05, 4.69) is 12.6 Å². The molecule has 5 heteroatoms. The van der Waals surface area contributed by atoms with Gasteiger partial charge >= 0.3 is 0 Å². The lowest BCUT2D eigenvalue weighted by Gasteiger charge is -2.17. The number of halogens is 1. The molecule has 1 aliphatic heterocycles. The summed E-state index contributed by atoms with van der Waals surface area (Å²) in [5.41, 5.74) is 1.69. The molecule has 0 amide bonds. The largest absolute Gasteiger partial charge is 0.286 e. The first-order valence-corrected chi connectivity index (χ1v) is 5.80. The number of thiol groups is 1. The van der Waals surface area contributed by atoms with E-state index in [1.807, 2.05) is 17.5 Å². The topological polar surface area (TPSA) is 23.5 Å². The fraction of sp³-hybridized carbons (Fsp3) is 0.111. The van der Waals surface area contributed by atoms with E-state index in [-0.39, 0.29) is 4.71 Å². The summed E-state index contributed by atoms with van der Waals surface area (Å²) in [7, 11) is 0. The first kappa shape index (κ1) is 10.2. The molecular formula is C9H8ClNOS2. The Bertz CT molecular complexity index is 366. The molecule has 0 aromatic heterocycles. The average molecular weight is 246 g/mol. The van der Waals surface area contributed by atoms with Crippen molar-refractivity contribution in [1.82, 2.24) is 5.06 Å². The Hall–Kier alpha value is -0.290. The third-order valence-electron chi connectivity index (χ3n) is 1.90. The smallest absolute Gasteiger partial charge is 0.148 e. The maximum atomic E-state index is 9.62. The van der Waals surface area contributed by atoms with Crippen LogP contribution in [0.5, 0.6) is 0 Å². The van der Waals surface area contributed by atoms with Crippen molar-refractivity contribution in [2.24, 2.45) is 0 Å². The Balaban J connectivity index is 2.28. The van der Waals surface area contributed by atoms with Gasteiger partial charge in [-0.25, -0.2) is 5.06 Å². The average Bonchev–Trinajstić information content (AvgIpc) is 2.50. The molecule has 1 atom stereocenters. The van der Waals surface area contributed by atoms with Gasteiger partial charge in [0.2, 0.25) is 0 Å². The first-order valence-electron chi connectivity index (χ1n) is 3.96. The second-order valence-electron chi connectivity index (χ2n) is 2.82. The predicted octanol–water partition coefficient (Wildman–Crippen LogP) is 3.29. The summed E-state index contributed by atoms with van der Waals surface area (Å²) in [6.07, 6.45) is 0. The van der Waals surface area contributed by atoms with Crippen molar-refractivity contribution < 1.29 is 5.21 Å². The van der Waals surface area contributed by atoms with Gasteiger partial charge in [0.1, 0.15) is 4.71 Å². The van der Waals surface area contributed by atoms with E-state index < -0.39 is 0 Å². The molecule has 1 aromatic carbocycles. The Morgan fingerprint density at radius 3 is 2.50 bits per heavy atom. The number of hydrogen-bond acceptors (Lipinski definition) is 4. The highest BCUT2D eigenvalue weighted by molar-refractivity contribution is 8.12. The summed E-state index contributed by atoms with van der Waals surface area (Å²) in [5, 5.41) is 13.3. The molecule has 0 spiro atoms. The van der Waals surface area contributed by atoms with Gasteiger partial charge in [-0.1, -0.05) is 35.5 Å². The minimum atomic E-state index is -0.222. The monoisotopic (exact) mass is 245 g/mol. The summed E-state index contributed by atoms with van der Waals surface area (Å²) in [6.45, 7) is 0. The fourth-order valence-electron chi connectivity index (χ4n) is 1.18. The first-order chi connectivity index (χ1) is 6.68. The van der Waals surface area contributed by atoms with Gasteiger partial charge in [0.15, 0.2) is 0 Å². The zero-order valence-corrected chi connectivity index (χ0v) is 9.56. The van der Waals surface area contributed by atoms with Gasteiger partial charge in [-0.15, -0.1) is 12.6 Å². The van der Waals surface area contributed by atoms with Gasteiger partial charge in [0.25, 0.3) is 0 Å². The van der Waals surface area contributed by atoms with Gasteiger partial charge in [-0.3, -0.25) is 5.21 Å². The van der Waals surface area contributed by atoms with Crippen LogP contribution in [-0.2, 0) is 0 Å². The summed E-state index contributed by atoms with van der Waals surface area (Å²) in [5.74, 6) is 0. The van der Waals surface area contributed by atoms with Gasteiger partial charge in [-0.05, 0) is 12.1 Å². The Kier molecular flexibility index (Phi) is 2.97. The molecule has 0 fully saturated rings. The Morgan fingerprint density at radius 2 is 2.00 bits per heavy atom. The molecule has 1 N–H and O–H groups in total.